The fourth-order valence-corrected chi connectivity index (χ4v) is 7.31. The largest absolute Gasteiger partial charge is 0.459 e. The maximum absolute atomic E-state index is 14.1. The van der Waals surface area contributed by atoms with Crippen molar-refractivity contribution in [1.29, 1.82) is 0 Å². The SMILES string of the molecule is Cc1cc(/C=C/CC=O)ccc1Cc1c(O[C@@H]2O[C@H](COC(=O)c3ccccc3)[C@@H](OC(=O)c3ccccc3)[C@H](OC(=O)c3ccccc3)[C@H]2OC(=O)c2ccccc2)n[nH]c1C(C)C. The molecule has 13 nitrogen and oxygen atoms in total. The van der Waals surface area contributed by atoms with Crippen LogP contribution in [0.3, 0.4) is 0 Å². The van der Waals surface area contributed by atoms with E-state index < -0.39 is 61.2 Å². The van der Waals surface area contributed by atoms with E-state index in [1.807, 2.05) is 45.0 Å². The molecule has 1 N–H and O–H groups in total. The highest BCUT2D eigenvalue weighted by atomic mass is 16.7. The van der Waals surface area contributed by atoms with Crippen LogP contribution in [-0.2, 0) is 34.9 Å². The third-order valence-electron chi connectivity index (χ3n) is 10.7. The van der Waals surface area contributed by atoms with Crippen LogP contribution in [0.5, 0.6) is 5.88 Å². The lowest BCUT2D eigenvalue weighted by atomic mass is 9.95. The lowest BCUT2D eigenvalue weighted by Gasteiger charge is -2.44. The van der Waals surface area contributed by atoms with Gasteiger partial charge in [0.2, 0.25) is 18.3 Å². The van der Waals surface area contributed by atoms with Gasteiger partial charge in [-0.2, -0.15) is 0 Å². The predicted molar refractivity (Wildman–Crippen MR) is 239 cm³/mol. The molecule has 7 rings (SSSR count). The second kappa shape index (κ2) is 21.6. The van der Waals surface area contributed by atoms with E-state index in [1.165, 1.54) is 0 Å². The number of aldehydes is 1. The van der Waals surface area contributed by atoms with Crippen molar-refractivity contribution in [2.75, 3.05) is 6.61 Å². The number of rotatable bonds is 17. The Kier molecular flexibility index (Phi) is 15.1. The fourth-order valence-electron chi connectivity index (χ4n) is 7.31. The van der Waals surface area contributed by atoms with Crippen molar-refractivity contribution in [3.63, 3.8) is 0 Å². The number of ether oxygens (including phenoxy) is 6. The molecule has 65 heavy (non-hydrogen) atoms. The highest BCUT2D eigenvalue weighted by Crippen LogP contribution is 2.35. The minimum Gasteiger partial charge on any atom is -0.459 e. The molecule has 0 amide bonds. The maximum atomic E-state index is 14.1. The summed E-state index contributed by atoms with van der Waals surface area (Å²) in [4.78, 5) is 66.4. The van der Waals surface area contributed by atoms with E-state index in [4.69, 9.17) is 28.4 Å². The molecule has 5 atom stereocenters. The van der Waals surface area contributed by atoms with Crippen molar-refractivity contribution in [3.8, 4) is 5.88 Å². The molecule has 5 aromatic carbocycles. The molecule has 0 bridgehead atoms. The van der Waals surface area contributed by atoms with E-state index in [0.29, 0.717) is 18.4 Å². The van der Waals surface area contributed by atoms with Gasteiger partial charge in [-0.25, -0.2) is 19.2 Å². The molecule has 6 aromatic rings. The van der Waals surface area contributed by atoms with Crippen LogP contribution in [0.25, 0.3) is 6.08 Å². The third kappa shape index (κ3) is 11.5. The summed E-state index contributed by atoms with van der Waals surface area (Å²) in [5.41, 5.74) is 5.02. The number of H-pyrrole nitrogens is 1. The number of carbonyl (C=O) groups excluding carboxylic acids is 5. The molecule has 0 saturated carbocycles. The van der Waals surface area contributed by atoms with Crippen LogP contribution >= 0.6 is 0 Å². The van der Waals surface area contributed by atoms with Gasteiger partial charge in [0.25, 0.3) is 0 Å². The average Bonchev–Trinajstić information content (AvgIpc) is 3.73. The van der Waals surface area contributed by atoms with Crippen molar-refractivity contribution in [2.45, 2.75) is 70.2 Å². The van der Waals surface area contributed by atoms with Crippen LogP contribution in [-0.4, -0.2) is 77.7 Å². The van der Waals surface area contributed by atoms with Crippen molar-refractivity contribution >= 4 is 36.2 Å². The molecule has 0 unspecified atom stereocenters. The number of nitrogens with one attached hydrogen (secondary N) is 1. The van der Waals surface area contributed by atoms with Crippen LogP contribution < -0.4 is 4.74 Å². The molecule has 1 aliphatic heterocycles. The smallest absolute Gasteiger partial charge is 0.338 e. The molecule has 0 spiro atoms. The summed E-state index contributed by atoms with van der Waals surface area (Å²) in [5.74, 6) is -3.12. The molecule has 13 heteroatoms. The molecule has 1 saturated heterocycles. The minimum absolute atomic E-state index is 0.0498. The number of hydrogen-bond donors (Lipinski definition) is 1. The minimum atomic E-state index is -1.61. The van der Waals surface area contributed by atoms with Crippen molar-refractivity contribution in [3.05, 3.63) is 196 Å². The molecular weight excluding hydrogens is 829 g/mol. The van der Waals surface area contributed by atoms with Crippen molar-refractivity contribution in [1.82, 2.24) is 10.2 Å². The predicted octanol–water partition coefficient (Wildman–Crippen LogP) is 8.67. The van der Waals surface area contributed by atoms with Crippen molar-refractivity contribution in [2.24, 2.45) is 0 Å². The summed E-state index contributed by atoms with van der Waals surface area (Å²) >= 11 is 0. The number of carbonyl (C=O) groups is 5. The second-order valence-electron chi connectivity index (χ2n) is 15.6. The number of aromatic nitrogens is 2. The summed E-state index contributed by atoms with van der Waals surface area (Å²) in [6.07, 6.45) is -2.57. The van der Waals surface area contributed by atoms with E-state index in [-0.39, 0.29) is 34.1 Å². The lowest BCUT2D eigenvalue weighted by Crippen LogP contribution is -2.64. The van der Waals surface area contributed by atoms with E-state index >= 15 is 0 Å². The number of esters is 4. The van der Waals surface area contributed by atoms with E-state index in [2.05, 4.69) is 10.2 Å². The first-order chi connectivity index (χ1) is 31.6. The normalized spacial score (nSPS) is 18.1. The van der Waals surface area contributed by atoms with Gasteiger partial charge in [0, 0.05) is 24.1 Å². The molecule has 332 valence electrons. The molecule has 1 fully saturated rings. The molecular formula is C52H48N2O11. The van der Waals surface area contributed by atoms with Crippen LogP contribution in [0, 0.1) is 6.92 Å². The Bertz CT molecular complexity index is 2600. The van der Waals surface area contributed by atoms with Gasteiger partial charge in [-0.05, 0) is 78.1 Å². The summed E-state index contributed by atoms with van der Waals surface area (Å²) in [5, 5.41) is 7.70. The van der Waals surface area contributed by atoms with E-state index in [9.17, 15) is 24.0 Å². The molecule has 1 aromatic heterocycles. The first-order valence-electron chi connectivity index (χ1n) is 21.2. The average molecular weight is 877 g/mol. The number of allylic oxidation sites excluding steroid dienone is 1. The standard InChI is InChI=1S/C52H48N2O11/c1-33(2)43-41(31-40-28-27-35(30-34(40)3)18-16-17-29-55)47(54-53-43)65-52-46(64-51(59)39-25-14-7-15-26-39)45(63-50(58)38-23-12-6-13-24-38)44(62-49(57)37-21-10-5-11-22-37)42(61-52)32-60-48(56)36-19-8-4-9-20-36/h4-16,18-30,33,42,44-46,52H,17,31-32H2,1-3H3,(H,53,54)/b18-16+/t42-,44-,45+,46-,52+/m1/s1. The Morgan fingerprint density at radius 3 is 1.69 bits per heavy atom. The zero-order valence-electron chi connectivity index (χ0n) is 36.0. The number of benzene rings is 5. The van der Waals surface area contributed by atoms with Crippen molar-refractivity contribution < 1.29 is 52.4 Å². The first-order valence-corrected chi connectivity index (χ1v) is 21.2. The van der Waals surface area contributed by atoms with Crippen LogP contribution in [0.4, 0.5) is 0 Å². The Balaban J connectivity index is 1.32. The third-order valence-corrected chi connectivity index (χ3v) is 10.7. The fraction of sp³-hybridized carbons (Fsp3) is 0.231. The van der Waals surface area contributed by atoms with Gasteiger partial charge in [-0.1, -0.05) is 117 Å². The number of nitrogens with zero attached hydrogens (tertiary/aromatic N) is 1. The highest BCUT2D eigenvalue weighted by Gasteiger charge is 2.54. The van der Waals surface area contributed by atoms with Crippen LogP contribution in [0.1, 0.15) is 95.6 Å². The maximum Gasteiger partial charge on any atom is 0.338 e. The topological polar surface area (TPSA) is 169 Å². The number of aryl methyl sites for hydroxylation is 1. The Hall–Kier alpha value is -7.64. The van der Waals surface area contributed by atoms with Gasteiger partial charge in [0.15, 0.2) is 12.2 Å². The van der Waals surface area contributed by atoms with Gasteiger partial charge >= 0.3 is 23.9 Å². The summed E-state index contributed by atoms with van der Waals surface area (Å²) < 4.78 is 37.7. The molecule has 0 radical (unpaired) electrons. The van der Waals surface area contributed by atoms with E-state index in [0.717, 1.165) is 28.7 Å². The molecule has 2 heterocycles. The quantitative estimate of drug-likeness (QED) is 0.0527. The van der Waals surface area contributed by atoms with Crippen LogP contribution in [0.15, 0.2) is 146 Å². The summed E-state index contributed by atoms with van der Waals surface area (Å²) in [6.45, 7) is 5.46. The zero-order chi connectivity index (χ0) is 45.7. The Morgan fingerprint density at radius 1 is 0.677 bits per heavy atom. The Labute approximate surface area is 376 Å². The highest BCUT2D eigenvalue weighted by molar-refractivity contribution is 5.91. The first kappa shape index (κ1) is 45.4. The zero-order valence-corrected chi connectivity index (χ0v) is 36.0. The summed E-state index contributed by atoms with van der Waals surface area (Å²) in [6, 6.07) is 38.7. The monoisotopic (exact) mass is 876 g/mol. The second-order valence-corrected chi connectivity index (χ2v) is 15.6. The van der Waals surface area contributed by atoms with Crippen LogP contribution in [0.2, 0.25) is 0 Å². The Morgan fingerprint density at radius 2 is 1.18 bits per heavy atom. The molecule has 0 aliphatic carbocycles. The number of aromatic amines is 1. The van der Waals surface area contributed by atoms with E-state index in [1.54, 1.807) is 127 Å². The van der Waals surface area contributed by atoms with Gasteiger partial charge in [-0.3, -0.25) is 5.10 Å². The summed E-state index contributed by atoms with van der Waals surface area (Å²) in [7, 11) is 0. The number of hydrogen-bond acceptors (Lipinski definition) is 12. The molecule has 1 aliphatic rings. The van der Waals surface area contributed by atoms with Gasteiger partial charge in [0.05, 0.1) is 22.3 Å². The van der Waals surface area contributed by atoms with Gasteiger partial charge in [0.1, 0.15) is 19.0 Å². The van der Waals surface area contributed by atoms with Gasteiger partial charge < -0.3 is 33.2 Å². The lowest BCUT2D eigenvalue weighted by molar-refractivity contribution is -0.276. The van der Waals surface area contributed by atoms with Gasteiger partial charge in [-0.15, -0.1) is 5.10 Å².